The summed E-state index contributed by atoms with van der Waals surface area (Å²) in [5, 5.41) is 7.67. The van der Waals surface area contributed by atoms with Crippen LogP contribution in [0.1, 0.15) is 24.1 Å². The van der Waals surface area contributed by atoms with Crippen LogP contribution >= 0.6 is 0 Å². The summed E-state index contributed by atoms with van der Waals surface area (Å²) >= 11 is 0. The van der Waals surface area contributed by atoms with Crippen LogP contribution in [0.25, 0.3) is 0 Å². The second-order valence-corrected chi connectivity index (χ2v) is 6.10. The number of carbonyl (C=O) groups excluding carboxylic acids is 1. The van der Waals surface area contributed by atoms with Crippen LogP contribution in [0, 0.1) is 6.92 Å². The molecule has 1 fully saturated rings. The molecule has 24 heavy (non-hydrogen) atoms. The van der Waals surface area contributed by atoms with Gasteiger partial charge in [-0.25, -0.2) is 4.68 Å². The van der Waals surface area contributed by atoms with Crippen molar-refractivity contribution in [1.82, 2.24) is 20.0 Å². The molecular formula is C18H24N4O2. The molecule has 1 amide bonds. The number of rotatable bonds is 6. The lowest BCUT2D eigenvalue weighted by Crippen LogP contribution is -2.36. The van der Waals surface area contributed by atoms with Crippen LogP contribution in [0.3, 0.4) is 0 Å². The van der Waals surface area contributed by atoms with Gasteiger partial charge in [0.2, 0.25) is 11.8 Å². The number of para-hydroxylation sites is 1. The van der Waals surface area contributed by atoms with Crippen molar-refractivity contribution in [2.75, 3.05) is 19.6 Å². The lowest BCUT2D eigenvalue weighted by molar-refractivity contribution is -0.129. The minimum Gasteiger partial charge on any atom is -0.439 e. The molecule has 0 bridgehead atoms. The van der Waals surface area contributed by atoms with Crippen LogP contribution < -0.4 is 10.1 Å². The molecule has 0 radical (unpaired) electrons. The highest BCUT2D eigenvalue weighted by Gasteiger charge is 2.19. The molecular weight excluding hydrogens is 304 g/mol. The smallest absolute Gasteiger partial charge is 0.236 e. The van der Waals surface area contributed by atoms with E-state index in [0.717, 1.165) is 42.9 Å². The molecule has 1 aliphatic heterocycles. The van der Waals surface area contributed by atoms with Gasteiger partial charge in [0.15, 0.2) is 0 Å². The third-order valence-electron chi connectivity index (χ3n) is 4.28. The Morgan fingerprint density at radius 1 is 1.25 bits per heavy atom. The molecule has 3 rings (SSSR count). The Labute approximate surface area is 142 Å². The second-order valence-electron chi connectivity index (χ2n) is 6.10. The van der Waals surface area contributed by atoms with Crippen molar-refractivity contribution in [2.24, 2.45) is 7.05 Å². The second kappa shape index (κ2) is 7.49. The number of hydrogen-bond acceptors (Lipinski definition) is 4. The number of carbonyl (C=O) groups is 1. The number of aromatic nitrogens is 2. The minimum atomic E-state index is 0.166. The molecule has 1 aromatic carbocycles. The van der Waals surface area contributed by atoms with Gasteiger partial charge in [-0.3, -0.25) is 4.79 Å². The van der Waals surface area contributed by atoms with Gasteiger partial charge in [0.25, 0.3) is 0 Å². The summed E-state index contributed by atoms with van der Waals surface area (Å²) in [6.07, 6.45) is 2.23. The molecule has 1 saturated heterocycles. The fourth-order valence-corrected chi connectivity index (χ4v) is 2.98. The summed E-state index contributed by atoms with van der Waals surface area (Å²) in [6, 6.07) is 9.65. The molecule has 6 heteroatoms. The van der Waals surface area contributed by atoms with Crippen molar-refractivity contribution in [3.63, 3.8) is 0 Å². The maximum atomic E-state index is 12.1. The lowest BCUT2D eigenvalue weighted by atomic mass is 10.2. The first-order valence-corrected chi connectivity index (χ1v) is 8.39. The Balaban J connectivity index is 1.63. The normalized spacial score (nSPS) is 14.2. The topological polar surface area (TPSA) is 59.4 Å². The molecule has 2 aromatic rings. The van der Waals surface area contributed by atoms with Crippen molar-refractivity contribution in [1.29, 1.82) is 0 Å². The summed E-state index contributed by atoms with van der Waals surface area (Å²) in [5.74, 6) is 1.65. The number of likely N-dealkylation sites (tertiary alicyclic amines) is 1. The van der Waals surface area contributed by atoms with Gasteiger partial charge in [0, 0.05) is 26.7 Å². The van der Waals surface area contributed by atoms with E-state index in [4.69, 9.17) is 4.74 Å². The zero-order chi connectivity index (χ0) is 16.9. The maximum absolute atomic E-state index is 12.1. The minimum absolute atomic E-state index is 0.166. The van der Waals surface area contributed by atoms with Crippen LogP contribution in [0.2, 0.25) is 0 Å². The van der Waals surface area contributed by atoms with Gasteiger partial charge in [0.1, 0.15) is 5.75 Å². The first-order valence-electron chi connectivity index (χ1n) is 8.39. The predicted molar refractivity (Wildman–Crippen MR) is 92.0 cm³/mol. The first-order chi connectivity index (χ1) is 11.6. The molecule has 0 spiro atoms. The molecule has 0 aliphatic carbocycles. The zero-order valence-electron chi connectivity index (χ0n) is 14.3. The van der Waals surface area contributed by atoms with E-state index in [1.54, 1.807) is 4.68 Å². The molecule has 1 aliphatic rings. The van der Waals surface area contributed by atoms with Crippen LogP contribution in [0.4, 0.5) is 0 Å². The number of amides is 1. The molecule has 2 heterocycles. The van der Waals surface area contributed by atoms with E-state index in [2.05, 4.69) is 10.4 Å². The average molecular weight is 328 g/mol. The van der Waals surface area contributed by atoms with Crippen LogP contribution in [-0.2, 0) is 18.4 Å². The summed E-state index contributed by atoms with van der Waals surface area (Å²) in [6.45, 7) is 4.63. The average Bonchev–Trinajstić information content (AvgIpc) is 3.19. The van der Waals surface area contributed by atoms with E-state index in [9.17, 15) is 4.79 Å². The fourth-order valence-electron chi connectivity index (χ4n) is 2.98. The van der Waals surface area contributed by atoms with Crippen molar-refractivity contribution < 1.29 is 9.53 Å². The number of nitrogens with zero attached hydrogens (tertiary/aromatic N) is 3. The summed E-state index contributed by atoms with van der Waals surface area (Å²) in [5.41, 5.74) is 1.89. The van der Waals surface area contributed by atoms with E-state index < -0.39 is 0 Å². The summed E-state index contributed by atoms with van der Waals surface area (Å²) in [7, 11) is 1.87. The Morgan fingerprint density at radius 2 is 1.96 bits per heavy atom. The van der Waals surface area contributed by atoms with Gasteiger partial charge < -0.3 is 15.0 Å². The maximum Gasteiger partial charge on any atom is 0.236 e. The van der Waals surface area contributed by atoms with Gasteiger partial charge in [-0.2, -0.15) is 5.10 Å². The molecule has 1 N–H and O–H groups in total. The number of aryl methyl sites for hydroxylation is 2. The highest BCUT2D eigenvalue weighted by Crippen LogP contribution is 2.26. The fraction of sp³-hybridized carbons (Fsp3) is 0.444. The number of benzene rings is 1. The van der Waals surface area contributed by atoms with E-state index in [-0.39, 0.29) is 5.91 Å². The molecule has 0 saturated carbocycles. The molecule has 128 valence electrons. The molecule has 0 unspecified atom stereocenters. The monoisotopic (exact) mass is 328 g/mol. The highest BCUT2D eigenvalue weighted by molar-refractivity contribution is 5.78. The van der Waals surface area contributed by atoms with E-state index >= 15 is 0 Å². The SMILES string of the molecule is Cc1nn(C)c(Oc2ccccc2)c1CNCC(=O)N1CCCC1. The number of nitrogens with one attached hydrogen (secondary N) is 1. The van der Waals surface area contributed by atoms with Gasteiger partial charge in [-0.15, -0.1) is 0 Å². The Hall–Kier alpha value is -2.34. The lowest BCUT2D eigenvalue weighted by Gasteiger charge is -2.15. The molecule has 6 nitrogen and oxygen atoms in total. The highest BCUT2D eigenvalue weighted by atomic mass is 16.5. The van der Waals surface area contributed by atoms with Crippen LogP contribution in [-0.4, -0.2) is 40.2 Å². The number of ether oxygens (including phenoxy) is 1. The standard InChI is InChI=1S/C18H24N4O2/c1-14-16(12-19-13-17(23)22-10-6-7-11-22)18(21(2)20-14)24-15-8-4-3-5-9-15/h3-5,8-9,19H,6-7,10-13H2,1-2H3. The summed E-state index contributed by atoms with van der Waals surface area (Å²) in [4.78, 5) is 14.0. The Bertz CT molecular complexity index is 691. The third kappa shape index (κ3) is 3.76. The van der Waals surface area contributed by atoms with E-state index in [1.165, 1.54) is 0 Å². The van der Waals surface area contributed by atoms with Crippen LogP contribution in [0.5, 0.6) is 11.6 Å². The van der Waals surface area contributed by atoms with Gasteiger partial charge in [0.05, 0.1) is 17.8 Å². The van der Waals surface area contributed by atoms with Crippen molar-refractivity contribution in [3.8, 4) is 11.6 Å². The van der Waals surface area contributed by atoms with E-state index in [1.807, 2.05) is 49.2 Å². The van der Waals surface area contributed by atoms with E-state index in [0.29, 0.717) is 19.0 Å². The Morgan fingerprint density at radius 3 is 2.67 bits per heavy atom. The largest absolute Gasteiger partial charge is 0.439 e. The zero-order valence-corrected chi connectivity index (χ0v) is 14.3. The third-order valence-corrected chi connectivity index (χ3v) is 4.28. The molecule has 1 aromatic heterocycles. The first kappa shape index (κ1) is 16.5. The Kier molecular flexibility index (Phi) is 5.15. The quantitative estimate of drug-likeness (QED) is 0.883. The van der Waals surface area contributed by atoms with Crippen molar-refractivity contribution in [3.05, 3.63) is 41.6 Å². The predicted octanol–water partition coefficient (Wildman–Crippen LogP) is 2.23. The van der Waals surface area contributed by atoms with Gasteiger partial charge >= 0.3 is 0 Å². The van der Waals surface area contributed by atoms with Crippen molar-refractivity contribution >= 4 is 5.91 Å². The van der Waals surface area contributed by atoms with Crippen LogP contribution in [0.15, 0.2) is 30.3 Å². The molecule has 0 atom stereocenters. The van der Waals surface area contributed by atoms with Crippen molar-refractivity contribution in [2.45, 2.75) is 26.3 Å². The van der Waals surface area contributed by atoms with Gasteiger partial charge in [-0.1, -0.05) is 18.2 Å². The summed E-state index contributed by atoms with van der Waals surface area (Å²) < 4.78 is 7.72. The number of hydrogen-bond donors (Lipinski definition) is 1. The van der Waals surface area contributed by atoms with Gasteiger partial charge in [-0.05, 0) is 31.9 Å².